The lowest BCUT2D eigenvalue weighted by Gasteiger charge is -2.15. The van der Waals surface area contributed by atoms with Crippen LogP contribution in [-0.2, 0) is 13.1 Å². The van der Waals surface area contributed by atoms with Crippen molar-refractivity contribution in [2.24, 2.45) is 0 Å². The summed E-state index contributed by atoms with van der Waals surface area (Å²) in [6.07, 6.45) is 0. The van der Waals surface area contributed by atoms with Gasteiger partial charge in [-0.2, -0.15) is 0 Å². The molecule has 0 aliphatic carbocycles. The number of methoxy groups -OCH3 is 1. The predicted octanol–water partition coefficient (Wildman–Crippen LogP) is 2.74. The van der Waals surface area contributed by atoms with E-state index >= 15 is 0 Å². The highest BCUT2D eigenvalue weighted by molar-refractivity contribution is 5.27. The number of rotatable bonds is 9. The number of halogens is 1. The number of nitrogens with zero attached hydrogens (tertiary/aromatic N) is 2. The van der Waals surface area contributed by atoms with Gasteiger partial charge in [0.05, 0.1) is 7.11 Å². The van der Waals surface area contributed by atoms with Crippen LogP contribution in [-0.4, -0.2) is 58.4 Å². The smallest absolute Gasteiger partial charge is 0.123 e. The molecule has 0 atom stereocenters. The van der Waals surface area contributed by atoms with E-state index in [4.69, 9.17) is 4.74 Å². The molecule has 0 amide bonds. The molecular formula is C21H33FN4O. The molecule has 0 heterocycles. The predicted molar refractivity (Wildman–Crippen MR) is 110 cm³/mol. The van der Waals surface area contributed by atoms with Gasteiger partial charge in [0.15, 0.2) is 0 Å². The molecule has 0 radical (unpaired) electrons. The maximum Gasteiger partial charge on any atom is 0.123 e. The summed E-state index contributed by atoms with van der Waals surface area (Å²) in [6.45, 7) is 3.41. The molecule has 2 N–H and O–H groups in total. The summed E-state index contributed by atoms with van der Waals surface area (Å²) in [4.78, 5) is 4.29. The molecule has 2 aromatic carbocycles. The average molecular weight is 377 g/mol. The molecule has 150 valence electrons. The molecule has 0 unspecified atom stereocenters. The van der Waals surface area contributed by atoms with Crippen LogP contribution in [0, 0.1) is 5.82 Å². The highest BCUT2D eigenvalue weighted by Gasteiger charge is 2.00. The van der Waals surface area contributed by atoms with E-state index in [1.807, 2.05) is 39.3 Å². The van der Waals surface area contributed by atoms with Crippen molar-refractivity contribution in [1.29, 1.82) is 0 Å². The van der Waals surface area contributed by atoms with E-state index in [0.717, 1.165) is 37.7 Å². The minimum absolute atomic E-state index is 0.171. The van der Waals surface area contributed by atoms with Crippen molar-refractivity contribution in [2.45, 2.75) is 13.1 Å². The van der Waals surface area contributed by atoms with Crippen LogP contribution in [0.3, 0.4) is 0 Å². The van der Waals surface area contributed by atoms with Crippen LogP contribution in [0.1, 0.15) is 11.1 Å². The third-order valence-corrected chi connectivity index (χ3v) is 3.81. The zero-order chi connectivity index (χ0) is 20.1. The lowest BCUT2D eigenvalue weighted by atomic mass is 10.2. The summed E-state index contributed by atoms with van der Waals surface area (Å²) >= 11 is 0. The molecule has 0 aliphatic heterocycles. The van der Waals surface area contributed by atoms with Gasteiger partial charge in [0.25, 0.3) is 0 Å². The standard InChI is InChI=1S/C11H18N2O.C10H15FN2/c1-12-9-13(2)8-10-4-6-11(14-3)7-5-10;1-12-8-13(2)7-9-4-3-5-10(11)6-9/h4-7,12H,8-9H2,1-3H3;3-6,12H,7-8H2,1-2H3. The SMILES string of the molecule is CNCN(C)Cc1ccc(OC)cc1.CNCN(C)Cc1cccc(F)c1. The topological polar surface area (TPSA) is 39.8 Å². The molecule has 0 bridgehead atoms. The lowest BCUT2D eigenvalue weighted by Crippen LogP contribution is -2.27. The third kappa shape index (κ3) is 10.1. The van der Waals surface area contributed by atoms with E-state index in [-0.39, 0.29) is 5.82 Å². The van der Waals surface area contributed by atoms with Crippen LogP contribution in [0.4, 0.5) is 4.39 Å². The zero-order valence-electron chi connectivity index (χ0n) is 17.1. The van der Waals surface area contributed by atoms with Gasteiger partial charge < -0.3 is 15.4 Å². The average Bonchev–Trinajstić information content (AvgIpc) is 2.63. The van der Waals surface area contributed by atoms with Gasteiger partial charge in [0.2, 0.25) is 0 Å². The summed E-state index contributed by atoms with van der Waals surface area (Å²) in [5, 5.41) is 6.15. The van der Waals surface area contributed by atoms with Gasteiger partial charge in [0.1, 0.15) is 11.6 Å². The minimum atomic E-state index is -0.171. The highest BCUT2D eigenvalue weighted by Crippen LogP contribution is 2.12. The monoisotopic (exact) mass is 376 g/mol. The Labute approximate surface area is 163 Å². The molecular weight excluding hydrogens is 343 g/mol. The first kappa shape index (κ1) is 23.0. The largest absolute Gasteiger partial charge is 0.497 e. The molecule has 27 heavy (non-hydrogen) atoms. The summed E-state index contributed by atoms with van der Waals surface area (Å²) in [7, 11) is 9.59. The fraction of sp³-hybridized carbons (Fsp3) is 0.429. The van der Waals surface area contributed by atoms with Crippen LogP contribution in [0.2, 0.25) is 0 Å². The summed E-state index contributed by atoms with van der Waals surface area (Å²) in [5.74, 6) is 0.736. The molecule has 0 fully saturated rings. The molecule has 5 nitrogen and oxygen atoms in total. The van der Waals surface area contributed by atoms with E-state index in [0.29, 0.717) is 0 Å². The van der Waals surface area contributed by atoms with Crippen molar-refractivity contribution in [3.8, 4) is 5.75 Å². The first-order valence-corrected chi connectivity index (χ1v) is 9.02. The molecule has 0 aromatic heterocycles. The van der Waals surface area contributed by atoms with E-state index in [1.165, 1.54) is 11.6 Å². The Morgan fingerprint density at radius 3 is 1.89 bits per heavy atom. The molecule has 0 spiro atoms. The Kier molecular flexibility index (Phi) is 11.3. The number of hydrogen-bond donors (Lipinski definition) is 2. The van der Waals surface area contributed by atoms with Gasteiger partial charge in [-0.3, -0.25) is 9.80 Å². The summed E-state index contributed by atoms with van der Waals surface area (Å²) in [5.41, 5.74) is 2.29. The van der Waals surface area contributed by atoms with E-state index in [9.17, 15) is 4.39 Å². The summed E-state index contributed by atoms with van der Waals surface area (Å²) in [6, 6.07) is 14.8. The maximum atomic E-state index is 12.8. The molecule has 0 saturated heterocycles. The highest BCUT2D eigenvalue weighted by atomic mass is 19.1. The third-order valence-electron chi connectivity index (χ3n) is 3.81. The first-order chi connectivity index (χ1) is 13.0. The Morgan fingerprint density at radius 1 is 0.852 bits per heavy atom. The first-order valence-electron chi connectivity index (χ1n) is 9.02. The number of nitrogens with one attached hydrogen (secondary N) is 2. The quantitative estimate of drug-likeness (QED) is 0.659. The Balaban J connectivity index is 0.000000271. The van der Waals surface area contributed by atoms with Crippen molar-refractivity contribution in [3.63, 3.8) is 0 Å². The number of benzene rings is 2. The normalized spacial score (nSPS) is 10.7. The Morgan fingerprint density at radius 2 is 1.41 bits per heavy atom. The second kappa shape index (κ2) is 13.2. The molecule has 0 aliphatic rings. The van der Waals surface area contributed by atoms with E-state index < -0.39 is 0 Å². The van der Waals surface area contributed by atoms with Gasteiger partial charge in [-0.15, -0.1) is 0 Å². The van der Waals surface area contributed by atoms with Crippen molar-refractivity contribution in [1.82, 2.24) is 20.4 Å². The van der Waals surface area contributed by atoms with Crippen molar-refractivity contribution in [3.05, 3.63) is 65.5 Å². The minimum Gasteiger partial charge on any atom is -0.497 e. The second-order valence-electron chi connectivity index (χ2n) is 6.53. The molecule has 0 saturated carbocycles. The zero-order valence-corrected chi connectivity index (χ0v) is 17.1. The maximum absolute atomic E-state index is 12.8. The van der Waals surface area contributed by atoms with Gasteiger partial charge in [0, 0.05) is 26.4 Å². The van der Waals surface area contributed by atoms with Gasteiger partial charge >= 0.3 is 0 Å². The van der Waals surface area contributed by atoms with Crippen LogP contribution in [0.5, 0.6) is 5.75 Å². The van der Waals surface area contributed by atoms with E-state index in [2.05, 4.69) is 39.6 Å². The van der Waals surface area contributed by atoms with Crippen molar-refractivity contribution in [2.75, 3.05) is 48.6 Å². The molecule has 6 heteroatoms. The second-order valence-corrected chi connectivity index (χ2v) is 6.53. The van der Waals surface area contributed by atoms with Crippen LogP contribution < -0.4 is 15.4 Å². The number of hydrogen-bond acceptors (Lipinski definition) is 5. The van der Waals surface area contributed by atoms with Crippen LogP contribution in [0.15, 0.2) is 48.5 Å². The van der Waals surface area contributed by atoms with Gasteiger partial charge in [-0.1, -0.05) is 24.3 Å². The van der Waals surface area contributed by atoms with Gasteiger partial charge in [-0.25, -0.2) is 4.39 Å². The van der Waals surface area contributed by atoms with Crippen molar-refractivity contribution < 1.29 is 9.13 Å². The molecule has 2 aromatic rings. The van der Waals surface area contributed by atoms with Gasteiger partial charge in [-0.05, 0) is 63.6 Å². The number of ether oxygens (including phenoxy) is 1. The van der Waals surface area contributed by atoms with Crippen molar-refractivity contribution >= 4 is 0 Å². The fourth-order valence-corrected chi connectivity index (χ4v) is 2.64. The summed E-state index contributed by atoms with van der Waals surface area (Å²) < 4.78 is 17.9. The lowest BCUT2D eigenvalue weighted by molar-refractivity contribution is 0.309. The Bertz CT molecular complexity index is 636. The molecule has 2 rings (SSSR count). The van der Waals surface area contributed by atoms with Crippen LogP contribution in [0.25, 0.3) is 0 Å². The fourth-order valence-electron chi connectivity index (χ4n) is 2.64. The van der Waals surface area contributed by atoms with E-state index in [1.54, 1.807) is 19.2 Å². The Hall–Kier alpha value is -1.99. The van der Waals surface area contributed by atoms with Crippen LogP contribution >= 0.6 is 0 Å².